The van der Waals surface area contributed by atoms with Crippen LogP contribution in [0.25, 0.3) is 0 Å². The smallest absolute Gasteiger partial charge is 0.243 e. The summed E-state index contributed by atoms with van der Waals surface area (Å²) in [7, 11) is -2.07. The van der Waals surface area contributed by atoms with Crippen LogP contribution in [0.15, 0.2) is 45.9 Å². The van der Waals surface area contributed by atoms with E-state index >= 15 is 0 Å². The first-order valence-corrected chi connectivity index (χ1v) is 11.1. The molecule has 0 fully saturated rings. The van der Waals surface area contributed by atoms with Crippen LogP contribution in [0.1, 0.15) is 6.42 Å². The van der Waals surface area contributed by atoms with Crippen molar-refractivity contribution in [2.45, 2.75) is 17.4 Å². The van der Waals surface area contributed by atoms with E-state index in [9.17, 15) is 13.2 Å². The Hall–Kier alpha value is -1.36. The Morgan fingerprint density at radius 1 is 1.32 bits per heavy atom. The van der Waals surface area contributed by atoms with Gasteiger partial charge in [-0.25, -0.2) is 8.42 Å². The average molecular weight is 447 g/mol. The van der Waals surface area contributed by atoms with Crippen molar-refractivity contribution < 1.29 is 13.2 Å². The third-order valence-corrected chi connectivity index (χ3v) is 5.97. The van der Waals surface area contributed by atoms with Crippen molar-refractivity contribution in [2.24, 2.45) is 7.05 Å². The Morgan fingerprint density at radius 2 is 2.00 bits per heavy atom. The number of aryl methyl sites for hydroxylation is 1. The van der Waals surface area contributed by atoms with E-state index in [1.807, 2.05) is 6.26 Å². The van der Waals surface area contributed by atoms with Gasteiger partial charge in [-0.05, 0) is 42.7 Å². The van der Waals surface area contributed by atoms with Gasteiger partial charge >= 0.3 is 0 Å². The number of carbonyl (C=O) groups is 1. The van der Waals surface area contributed by atoms with Gasteiger partial charge in [0.15, 0.2) is 5.82 Å². The highest BCUT2D eigenvalue weighted by atomic mass is 79.9. The molecule has 0 spiro atoms. The lowest BCUT2D eigenvalue weighted by Crippen LogP contribution is -2.44. The van der Waals surface area contributed by atoms with Crippen molar-refractivity contribution in [3.8, 4) is 0 Å². The van der Waals surface area contributed by atoms with Gasteiger partial charge in [0.05, 0.1) is 4.90 Å². The molecule has 0 aliphatic carbocycles. The average Bonchev–Trinajstić information content (AvgIpc) is 2.96. The number of halogens is 1. The lowest BCUT2D eigenvalue weighted by Gasteiger charge is -2.17. The van der Waals surface area contributed by atoms with Crippen LogP contribution in [-0.4, -0.2) is 42.2 Å². The molecule has 1 amide bonds. The molecule has 1 aromatic heterocycles. The summed E-state index contributed by atoms with van der Waals surface area (Å²) in [5.41, 5.74) is 0. The summed E-state index contributed by atoms with van der Waals surface area (Å²) < 4.78 is 29.9. The Kier molecular flexibility index (Phi) is 7.05. The predicted octanol–water partition coefficient (Wildman–Crippen LogP) is 2.22. The molecule has 0 saturated carbocycles. The maximum atomic E-state index is 12.5. The molecule has 1 atom stereocenters. The number of carbonyl (C=O) groups excluding carboxylic acids is 1. The van der Waals surface area contributed by atoms with Gasteiger partial charge in [0, 0.05) is 23.8 Å². The van der Waals surface area contributed by atoms with Crippen molar-refractivity contribution in [3.05, 3.63) is 41.0 Å². The summed E-state index contributed by atoms with van der Waals surface area (Å²) >= 11 is 4.81. The molecule has 7 nitrogen and oxygen atoms in total. The number of anilines is 1. The molecule has 25 heavy (non-hydrogen) atoms. The highest BCUT2D eigenvalue weighted by molar-refractivity contribution is 9.10. The van der Waals surface area contributed by atoms with Crippen LogP contribution in [0.3, 0.4) is 0 Å². The Balaban J connectivity index is 2.15. The molecule has 0 aliphatic rings. The Labute approximate surface area is 159 Å². The minimum atomic E-state index is -3.81. The van der Waals surface area contributed by atoms with E-state index in [0.717, 1.165) is 4.47 Å². The quantitative estimate of drug-likeness (QED) is 0.648. The van der Waals surface area contributed by atoms with E-state index in [0.29, 0.717) is 18.0 Å². The molecule has 1 heterocycles. The standard InChI is InChI=1S/C15H19BrN4O3S2/c1-20-9-7-14(18-20)17-15(21)13(8-10-24-2)19-25(22,23)12-5-3-11(16)4-6-12/h3-7,9,13,19H,8,10H2,1-2H3,(H,17,18,21)/t13-/m0/s1. The number of aromatic nitrogens is 2. The van der Waals surface area contributed by atoms with Crippen molar-refractivity contribution in [1.82, 2.24) is 14.5 Å². The van der Waals surface area contributed by atoms with E-state index in [1.165, 1.54) is 12.1 Å². The lowest BCUT2D eigenvalue weighted by atomic mass is 10.2. The first-order chi connectivity index (χ1) is 11.8. The van der Waals surface area contributed by atoms with Gasteiger partial charge in [-0.1, -0.05) is 15.9 Å². The number of thioether (sulfide) groups is 1. The number of benzene rings is 1. The molecule has 0 unspecified atom stereocenters. The summed E-state index contributed by atoms with van der Waals surface area (Å²) in [5, 5.41) is 6.72. The zero-order valence-electron chi connectivity index (χ0n) is 13.8. The third kappa shape index (κ3) is 5.84. The Morgan fingerprint density at radius 3 is 2.56 bits per heavy atom. The SMILES string of the molecule is CSCC[C@H](NS(=O)(=O)c1ccc(Br)cc1)C(=O)Nc1ccn(C)n1. The molecule has 1 aromatic carbocycles. The zero-order chi connectivity index (χ0) is 18.4. The van der Waals surface area contributed by atoms with Crippen molar-refractivity contribution >= 4 is 49.4 Å². The largest absolute Gasteiger partial charge is 0.308 e. The second-order valence-electron chi connectivity index (χ2n) is 5.27. The van der Waals surface area contributed by atoms with Gasteiger partial charge in [0.2, 0.25) is 15.9 Å². The van der Waals surface area contributed by atoms with Crippen LogP contribution in [0.5, 0.6) is 0 Å². The fraction of sp³-hybridized carbons (Fsp3) is 0.333. The normalized spacial score (nSPS) is 12.8. The summed E-state index contributed by atoms with van der Waals surface area (Å²) in [6, 6.07) is 7.00. The highest BCUT2D eigenvalue weighted by Crippen LogP contribution is 2.16. The number of nitrogens with one attached hydrogen (secondary N) is 2. The van der Waals surface area contributed by atoms with E-state index in [2.05, 4.69) is 31.1 Å². The fourth-order valence-electron chi connectivity index (χ4n) is 2.04. The number of nitrogens with zero attached hydrogens (tertiary/aromatic N) is 2. The molecule has 136 valence electrons. The van der Waals surface area contributed by atoms with Crippen molar-refractivity contribution in [2.75, 3.05) is 17.3 Å². The number of amides is 1. The summed E-state index contributed by atoms with van der Waals surface area (Å²) in [6.07, 6.45) is 3.96. The van der Waals surface area contributed by atoms with Gasteiger partial charge < -0.3 is 5.32 Å². The first-order valence-electron chi connectivity index (χ1n) is 7.39. The predicted molar refractivity (Wildman–Crippen MR) is 103 cm³/mol. The second-order valence-corrected chi connectivity index (χ2v) is 8.89. The molecule has 0 aliphatic heterocycles. The lowest BCUT2D eigenvalue weighted by molar-refractivity contribution is -0.117. The molecule has 2 rings (SSSR count). The molecular weight excluding hydrogens is 428 g/mol. The van der Waals surface area contributed by atoms with Crippen molar-refractivity contribution in [3.63, 3.8) is 0 Å². The van der Waals surface area contributed by atoms with E-state index in [-0.39, 0.29) is 4.90 Å². The van der Waals surface area contributed by atoms with E-state index in [4.69, 9.17) is 0 Å². The monoisotopic (exact) mass is 446 g/mol. The van der Waals surface area contributed by atoms with Gasteiger partial charge in [0.25, 0.3) is 0 Å². The minimum Gasteiger partial charge on any atom is -0.308 e. The van der Waals surface area contributed by atoms with Crippen LogP contribution in [-0.2, 0) is 21.9 Å². The van der Waals surface area contributed by atoms with Gasteiger partial charge in [-0.15, -0.1) is 0 Å². The van der Waals surface area contributed by atoms with Gasteiger partial charge in [-0.2, -0.15) is 21.6 Å². The number of hydrogen-bond acceptors (Lipinski definition) is 5. The molecule has 2 N–H and O–H groups in total. The fourth-order valence-corrected chi connectivity index (χ4v) is 4.01. The van der Waals surface area contributed by atoms with Gasteiger partial charge in [-0.3, -0.25) is 9.48 Å². The van der Waals surface area contributed by atoms with E-state index in [1.54, 1.807) is 47.9 Å². The van der Waals surface area contributed by atoms with Crippen LogP contribution in [0, 0.1) is 0 Å². The van der Waals surface area contributed by atoms with Crippen LogP contribution in [0.2, 0.25) is 0 Å². The van der Waals surface area contributed by atoms with Crippen LogP contribution < -0.4 is 10.0 Å². The first kappa shape index (κ1) is 20.0. The number of rotatable bonds is 8. The summed E-state index contributed by atoms with van der Waals surface area (Å²) in [4.78, 5) is 12.6. The minimum absolute atomic E-state index is 0.107. The van der Waals surface area contributed by atoms with Crippen molar-refractivity contribution in [1.29, 1.82) is 0 Å². The van der Waals surface area contributed by atoms with Gasteiger partial charge in [0.1, 0.15) is 6.04 Å². The third-order valence-electron chi connectivity index (χ3n) is 3.31. The zero-order valence-corrected chi connectivity index (χ0v) is 17.0. The molecule has 10 heteroatoms. The van der Waals surface area contributed by atoms with Crippen LogP contribution in [0.4, 0.5) is 5.82 Å². The maximum Gasteiger partial charge on any atom is 0.243 e. The molecule has 0 radical (unpaired) electrons. The number of hydrogen-bond donors (Lipinski definition) is 2. The second kappa shape index (κ2) is 8.84. The molecule has 0 bridgehead atoms. The number of sulfonamides is 1. The topological polar surface area (TPSA) is 93.1 Å². The van der Waals surface area contributed by atoms with Crippen LogP contribution >= 0.6 is 27.7 Å². The molecule has 2 aromatic rings. The molecular formula is C15H19BrN4O3S2. The molecule has 0 saturated heterocycles. The summed E-state index contributed by atoms with van der Waals surface area (Å²) in [5.74, 6) is 0.585. The summed E-state index contributed by atoms with van der Waals surface area (Å²) in [6.45, 7) is 0. The Bertz CT molecular complexity index is 822. The van der Waals surface area contributed by atoms with E-state index < -0.39 is 22.0 Å². The maximum absolute atomic E-state index is 12.5. The highest BCUT2D eigenvalue weighted by Gasteiger charge is 2.26.